The van der Waals surface area contributed by atoms with Crippen molar-refractivity contribution in [2.24, 2.45) is 0 Å². The molecule has 2 heterocycles. The molecule has 62 heavy (non-hydrogen) atoms. The van der Waals surface area contributed by atoms with Crippen molar-refractivity contribution in [1.29, 1.82) is 0 Å². The van der Waals surface area contributed by atoms with Crippen LogP contribution >= 0.6 is 0 Å². The zero-order valence-electron chi connectivity index (χ0n) is 35.2. The van der Waals surface area contributed by atoms with Crippen LogP contribution in [-0.2, 0) is 0 Å². The molecule has 2 aliphatic rings. The highest BCUT2D eigenvalue weighted by atomic mass is 15.2. The molecule has 0 atom stereocenters. The number of hydrogen-bond acceptors (Lipinski definition) is 4. The second kappa shape index (κ2) is 15.4. The fourth-order valence-electron chi connectivity index (χ4n) is 9.45. The van der Waals surface area contributed by atoms with E-state index in [-0.39, 0.29) is 6.71 Å². The smallest absolute Gasteiger partial charge is 0.252 e. The third-order valence-electron chi connectivity index (χ3n) is 12.4. The number of hydrogen-bond donors (Lipinski definition) is 0. The summed E-state index contributed by atoms with van der Waals surface area (Å²) in [6.07, 6.45) is 0. The van der Waals surface area contributed by atoms with Crippen LogP contribution in [0.2, 0.25) is 0 Å². The summed E-state index contributed by atoms with van der Waals surface area (Å²) in [5.74, 6) is 0. The second-order valence-corrected chi connectivity index (χ2v) is 16.5. The molecule has 0 aromatic heterocycles. The quantitative estimate of drug-likeness (QED) is 0.142. The van der Waals surface area contributed by atoms with Gasteiger partial charge in [0.15, 0.2) is 0 Å². The monoisotopic (exact) mass is 796 g/mol. The maximum absolute atomic E-state index is 2.52. The Hall–Kier alpha value is -7.76. The molecule has 0 saturated heterocycles. The summed E-state index contributed by atoms with van der Waals surface area (Å²) in [5, 5.41) is 0. The summed E-state index contributed by atoms with van der Waals surface area (Å²) in [7, 11) is 0. The molecule has 0 spiro atoms. The zero-order chi connectivity index (χ0) is 41.7. The van der Waals surface area contributed by atoms with E-state index in [4.69, 9.17) is 0 Å². The number of benzene rings is 9. The molecule has 11 rings (SSSR count). The lowest BCUT2D eigenvalue weighted by Crippen LogP contribution is -2.61. The zero-order valence-corrected chi connectivity index (χ0v) is 35.2. The van der Waals surface area contributed by atoms with Crippen LogP contribution in [0, 0.1) is 20.8 Å². The van der Waals surface area contributed by atoms with Crippen molar-refractivity contribution >= 4 is 91.3 Å². The van der Waals surface area contributed by atoms with Crippen molar-refractivity contribution in [3.05, 3.63) is 235 Å². The van der Waals surface area contributed by atoms with Crippen LogP contribution in [0.25, 0.3) is 0 Å². The van der Waals surface area contributed by atoms with Gasteiger partial charge in [-0.2, -0.15) is 0 Å². The molecule has 296 valence electrons. The van der Waals surface area contributed by atoms with E-state index in [1.54, 1.807) is 0 Å². The highest BCUT2D eigenvalue weighted by molar-refractivity contribution is 7.00. The van der Waals surface area contributed by atoms with Crippen LogP contribution in [0.3, 0.4) is 0 Å². The average molecular weight is 797 g/mol. The van der Waals surface area contributed by atoms with Crippen molar-refractivity contribution in [2.75, 3.05) is 19.6 Å². The Labute approximate surface area is 365 Å². The SMILES string of the molecule is Cc1ccc(N(c2ccc(C)cc2)c2ccc3c(c2)N(c2ccc(C)cc2)c2cc(N(c4ccccc4)c4ccccc4)cc4c2B3c2ccccc2N4c2ccccc2)cc1. The van der Waals surface area contributed by atoms with E-state index in [0.717, 1.165) is 62.6 Å². The topological polar surface area (TPSA) is 13.0 Å². The Morgan fingerprint density at radius 3 is 1.26 bits per heavy atom. The largest absolute Gasteiger partial charge is 0.311 e. The molecule has 4 nitrogen and oxygen atoms in total. The Morgan fingerprint density at radius 2 is 0.694 bits per heavy atom. The first-order valence-electron chi connectivity index (χ1n) is 21.5. The summed E-state index contributed by atoms with van der Waals surface area (Å²) in [4.78, 5) is 9.78. The molecule has 9 aromatic carbocycles. The number of aryl methyl sites for hydroxylation is 3. The number of nitrogens with zero attached hydrogens (tertiary/aromatic N) is 4. The summed E-state index contributed by atoms with van der Waals surface area (Å²) in [6.45, 7) is 6.44. The molecule has 0 N–H and O–H groups in total. The van der Waals surface area contributed by atoms with Gasteiger partial charge < -0.3 is 19.6 Å². The van der Waals surface area contributed by atoms with Gasteiger partial charge in [-0.05, 0) is 140 Å². The third-order valence-corrected chi connectivity index (χ3v) is 12.4. The lowest BCUT2D eigenvalue weighted by molar-refractivity contribution is 1.22. The first kappa shape index (κ1) is 37.3. The molecule has 0 fully saturated rings. The van der Waals surface area contributed by atoms with E-state index in [1.165, 1.54) is 38.8 Å². The first-order chi connectivity index (χ1) is 30.5. The summed E-state index contributed by atoms with van der Waals surface area (Å²) >= 11 is 0. The van der Waals surface area contributed by atoms with Crippen molar-refractivity contribution in [3.8, 4) is 0 Å². The van der Waals surface area contributed by atoms with Gasteiger partial charge in [0.1, 0.15) is 0 Å². The Kier molecular flexibility index (Phi) is 9.24. The van der Waals surface area contributed by atoms with Gasteiger partial charge in [-0.25, -0.2) is 0 Å². The number of rotatable bonds is 8. The molecule has 0 amide bonds. The minimum absolute atomic E-state index is 0.0231. The standard InChI is InChI=1S/C57H45BN4/c1-40-23-29-46(30-24-40)59(47-31-25-41(2)26-32-47)49-35-36-52-54(37-49)62(48-33-27-42(3)28-34-48)56-39-50(60(43-15-7-4-8-16-43)44-17-9-5-10-18-44)38-55-57(56)58(52)51-21-13-14-22-53(51)61(55)45-19-11-6-12-20-45/h4-39H,1-3H3. The summed E-state index contributed by atoms with van der Waals surface area (Å²) in [6, 6.07) is 80.1. The predicted molar refractivity (Wildman–Crippen MR) is 264 cm³/mol. The van der Waals surface area contributed by atoms with Gasteiger partial charge in [-0.1, -0.05) is 132 Å². The second-order valence-electron chi connectivity index (χ2n) is 16.5. The van der Waals surface area contributed by atoms with E-state index in [1.807, 2.05) is 0 Å². The molecule has 9 aromatic rings. The fourth-order valence-corrected chi connectivity index (χ4v) is 9.45. The van der Waals surface area contributed by atoms with Crippen LogP contribution in [0.4, 0.5) is 68.2 Å². The van der Waals surface area contributed by atoms with Crippen molar-refractivity contribution in [2.45, 2.75) is 20.8 Å². The maximum atomic E-state index is 2.52. The first-order valence-corrected chi connectivity index (χ1v) is 21.5. The van der Waals surface area contributed by atoms with Crippen molar-refractivity contribution < 1.29 is 0 Å². The van der Waals surface area contributed by atoms with Gasteiger partial charge in [0, 0.05) is 62.6 Å². The normalized spacial score (nSPS) is 12.3. The molecule has 0 radical (unpaired) electrons. The van der Waals surface area contributed by atoms with Crippen LogP contribution in [0.1, 0.15) is 16.7 Å². The number of fused-ring (bicyclic) bond motifs is 4. The van der Waals surface area contributed by atoms with E-state index in [0.29, 0.717) is 0 Å². The Bertz CT molecular complexity index is 2960. The van der Waals surface area contributed by atoms with Crippen molar-refractivity contribution in [3.63, 3.8) is 0 Å². The van der Waals surface area contributed by atoms with Crippen molar-refractivity contribution in [1.82, 2.24) is 0 Å². The van der Waals surface area contributed by atoms with Gasteiger partial charge in [0.05, 0.1) is 5.69 Å². The van der Waals surface area contributed by atoms with E-state index in [9.17, 15) is 0 Å². The van der Waals surface area contributed by atoms with E-state index >= 15 is 0 Å². The molecular weight excluding hydrogens is 751 g/mol. The van der Waals surface area contributed by atoms with E-state index < -0.39 is 0 Å². The van der Waals surface area contributed by atoms with Gasteiger partial charge >= 0.3 is 0 Å². The van der Waals surface area contributed by atoms with E-state index in [2.05, 4.69) is 259 Å². The summed E-state index contributed by atoms with van der Waals surface area (Å²) < 4.78 is 0. The molecule has 0 bridgehead atoms. The summed E-state index contributed by atoms with van der Waals surface area (Å²) in [5.41, 5.74) is 21.0. The lowest BCUT2D eigenvalue weighted by atomic mass is 9.33. The molecule has 0 aliphatic carbocycles. The van der Waals surface area contributed by atoms with Crippen LogP contribution < -0.4 is 36.0 Å². The maximum Gasteiger partial charge on any atom is 0.252 e. The van der Waals surface area contributed by atoms with Gasteiger partial charge in [-0.3, -0.25) is 0 Å². The number of para-hydroxylation sites is 4. The predicted octanol–water partition coefficient (Wildman–Crippen LogP) is 13.6. The fraction of sp³-hybridized carbons (Fsp3) is 0.0526. The average Bonchev–Trinajstić information content (AvgIpc) is 3.31. The highest BCUT2D eigenvalue weighted by Crippen LogP contribution is 2.49. The van der Waals surface area contributed by atoms with Gasteiger partial charge in [0.2, 0.25) is 0 Å². The molecule has 5 heteroatoms. The lowest BCUT2D eigenvalue weighted by Gasteiger charge is -2.45. The number of anilines is 12. The Balaban J connectivity index is 1.23. The van der Waals surface area contributed by atoms with Gasteiger partial charge in [-0.15, -0.1) is 0 Å². The molecular formula is C57H45BN4. The van der Waals surface area contributed by atoms with Crippen LogP contribution in [-0.4, -0.2) is 6.71 Å². The van der Waals surface area contributed by atoms with Gasteiger partial charge in [0.25, 0.3) is 6.71 Å². The highest BCUT2D eigenvalue weighted by Gasteiger charge is 2.44. The minimum Gasteiger partial charge on any atom is -0.311 e. The Morgan fingerprint density at radius 1 is 0.306 bits per heavy atom. The third kappa shape index (κ3) is 6.41. The molecule has 0 unspecified atom stereocenters. The molecule has 0 saturated carbocycles. The molecule has 2 aliphatic heterocycles. The minimum atomic E-state index is -0.0231. The van der Waals surface area contributed by atoms with Crippen LogP contribution in [0.15, 0.2) is 218 Å². The van der Waals surface area contributed by atoms with Crippen LogP contribution in [0.5, 0.6) is 0 Å².